The van der Waals surface area contributed by atoms with Crippen LogP contribution in [0.5, 0.6) is 5.75 Å². The molecule has 1 aromatic rings. The minimum Gasteiger partial charge on any atom is -0.497 e. The molecule has 3 nitrogen and oxygen atoms in total. The Morgan fingerprint density at radius 3 is 2.44 bits per heavy atom. The first kappa shape index (κ1) is 9.70. The van der Waals surface area contributed by atoms with E-state index >= 15 is 0 Å². The molecule has 2 aliphatic rings. The number of methoxy groups -OCH3 is 1. The molecule has 0 spiro atoms. The normalized spacial score (nSPS) is 29.1. The molecule has 1 saturated carbocycles. The van der Waals surface area contributed by atoms with Gasteiger partial charge in [-0.15, -0.1) is 0 Å². The third-order valence-electron chi connectivity index (χ3n) is 3.67. The summed E-state index contributed by atoms with van der Waals surface area (Å²) in [6.07, 6.45) is 0.282. The Balaban J connectivity index is 1.88. The van der Waals surface area contributed by atoms with Crippen LogP contribution in [0.15, 0.2) is 29.4 Å². The summed E-state index contributed by atoms with van der Waals surface area (Å²) in [5, 5.41) is 4.16. The molecule has 1 heterocycles. The quantitative estimate of drug-likeness (QED) is 0.761. The van der Waals surface area contributed by atoms with Gasteiger partial charge in [0.05, 0.1) is 18.7 Å². The van der Waals surface area contributed by atoms with E-state index in [0.29, 0.717) is 5.92 Å². The molecular formula is C13H15NO2. The molecule has 1 aliphatic heterocycles. The lowest BCUT2D eigenvalue weighted by atomic mass is 10.0. The number of benzene rings is 1. The van der Waals surface area contributed by atoms with Gasteiger partial charge in [-0.3, -0.25) is 0 Å². The lowest BCUT2D eigenvalue weighted by Gasteiger charge is -2.08. The summed E-state index contributed by atoms with van der Waals surface area (Å²) in [5.74, 6) is 1.33. The number of oxime groups is 1. The third-order valence-corrected chi connectivity index (χ3v) is 3.67. The predicted molar refractivity (Wildman–Crippen MR) is 61.7 cm³/mol. The van der Waals surface area contributed by atoms with Crippen molar-refractivity contribution in [3.8, 4) is 5.75 Å². The summed E-state index contributed by atoms with van der Waals surface area (Å²) >= 11 is 0. The van der Waals surface area contributed by atoms with Crippen LogP contribution in [0.1, 0.15) is 19.4 Å². The van der Waals surface area contributed by atoms with Gasteiger partial charge in [-0.05, 0) is 24.3 Å². The van der Waals surface area contributed by atoms with Gasteiger partial charge < -0.3 is 9.57 Å². The molecule has 2 atom stereocenters. The zero-order chi connectivity index (χ0) is 11.3. The molecule has 1 aromatic carbocycles. The highest BCUT2D eigenvalue weighted by molar-refractivity contribution is 6.05. The van der Waals surface area contributed by atoms with Crippen molar-refractivity contribution in [3.63, 3.8) is 0 Å². The number of ether oxygens (including phenoxy) is 1. The maximum Gasteiger partial charge on any atom is 0.142 e. The summed E-state index contributed by atoms with van der Waals surface area (Å²) in [5.41, 5.74) is 2.47. The van der Waals surface area contributed by atoms with Crippen molar-refractivity contribution in [3.05, 3.63) is 29.8 Å². The van der Waals surface area contributed by atoms with Crippen LogP contribution >= 0.6 is 0 Å². The molecule has 0 radical (unpaired) electrons. The van der Waals surface area contributed by atoms with E-state index < -0.39 is 0 Å². The van der Waals surface area contributed by atoms with E-state index in [9.17, 15) is 0 Å². The van der Waals surface area contributed by atoms with Crippen LogP contribution in [0.4, 0.5) is 0 Å². The van der Waals surface area contributed by atoms with Gasteiger partial charge in [-0.25, -0.2) is 0 Å². The van der Waals surface area contributed by atoms with Crippen LogP contribution in [0.3, 0.4) is 0 Å². The highest BCUT2D eigenvalue weighted by atomic mass is 16.7. The second-order valence-electron chi connectivity index (χ2n) is 5.03. The van der Waals surface area contributed by atoms with Gasteiger partial charge in [-0.2, -0.15) is 0 Å². The molecule has 0 unspecified atom stereocenters. The van der Waals surface area contributed by atoms with Gasteiger partial charge in [0.15, 0.2) is 0 Å². The van der Waals surface area contributed by atoms with E-state index in [2.05, 4.69) is 19.0 Å². The van der Waals surface area contributed by atoms with E-state index in [1.807, 2.05) is 24.3 Å². The molecule has 0 bridgehead atoms. The minimum atomic E-state index is 0.247. The van der Waals surface area contributed by atoms with Crippen molar-refractivity contribution in [1.82, 2.24) is 0 Å². The number of nitrogens with zero attached hydrogens (tertiary/aromatic N) is 1. The Hall–Kier alpha value is -1.51. The molecule has 1 aliphatic carbocycles. The molecule has 1 fully saturated rings. The molecule has 84 valence electrons. The number of hydrogen-bond acceptors (Lipinski definition) is 3. The maximum absolute atomic E-state index is 5.42. The first-order valence-corrected chi connectivity index (χ1v) is 5.52. The average molecular weight is 217 g/mol. The van der Waals surface area contributed by atoms with Gasteiger partial charge in [0.25, 0.3) is 0 Å². The van der Waals surface area contributed by atoms with E-state index in [0.717, 1.165) is 17.0 Å². The highest BCUT2D eigenvalue weighted by Crippen LogP contribution is 2.58. The van der Waals surface area contributed by atoms with Crippen molar-refractivity contribution in [1.29, 1.82) is 0 Å². The summed E-state index contributed by atoms with van der Waals surface area (Å²) in [4.78, 5) is 5.42. The lowest BCUT2D eigenvalue weighted by Crippen LogP contribution is -2.08. The van der Waals surface area contributed by atoms with E-state index in [4.69, 9.17) is 9.57 Å². The van der Waals surface area contributed by atoms with Gasteiger partial charge >= 0.3 is 0 Å². The number of hydrogen-bond donors (Lipinski definition) is 0. The predicted octanol–water partition coefficient (Wildman–Crippen LogP) is 2.45. The number of fused-ring (bicyclic) bond motifs is 1. The standard InChI is InChI=1S/C13H15NO2/c1-13(2)10-11(14-16-12(10)13)8-4-6-9(15-3)7-5-8/h4-7,10,12H,1-3H3/t10-,12+/m1/s1. The smallest absolute Gasteiger partial charge is 0.142 e. The van der Waals surface area contributed by atoms with Crippen LogP contribution in [0.25, 0.3) is 0 Å². The zero-order valence-corrected chi connectivity index (χ0v) is 9.73. The fourth-order valence-electron chi connectivity index (χ4n) is 2.45. The molecule has 0 amide bonds. The van der Waals surface area contributed by atoms with Crippen molar-refractivity contribution in [2.24, 2.45) is 16.5 Å². The second kappa shape index (κ2) is 3.00. The van der Waals surface area contributed by atoms with Gasteiger partial charge in [0, 0.05) is 11.0 Å². The van der Waals surface area contributed by atoms with Gasteiger partial charge in [0.2, 0.25) is 0 Å². The average Bonchev–Trinajstić information content (AvgIpc) is 2.69. The Morgan fingerprint density at radius 1 is 1.25 bits per heavy atom. The van der Waals surface area contributed by atoms with Gasteiger partial charge in [-0.1, -0.05) is 19.0 Å². The fourth-order valence-corrected chi connectivity index (χ4v) is 2.45. The van der Waals surface area contributed by atoms with Gasteiger partial charge in [0.1, 0.15) is 11.9 Å². The fraction of sp³-hybridized carbons (Fsp3) is 0.462. The Labute approximate surface area is 95.1 Å². The van der Waals surface area contributed by atoms with Crippen molar-refractivity contribution in [2.45, 2.75) is 20.0 Å². The number of rotatable bonds is 2. The molecule has 16 heavy (non-hydrogen) atoms. The van der Waals surface area contributed by atoms with Crippen LogP contribution in [-0.4, -0.2) is 18.9 Å². The first-order chi connectivity index (χ1) is 7.64. The van der Waals surface area contributed by atoms with Crippen LogP contribution in [0, 0.1) is 11.3 Å². The Kier molecular flexibility index (Phi) is 1.82. The molecule has 3 rings (SSSR count). The summed E-state index contributed by atoms with van der Waals surface area (Å²) in [6, 6.07) is 8.00. The summed E-state index contributed by atoms with van der Waals surface area (Å²) < 4.78 is 5.14. The molecule has 0 saturated heterocycles. The Morgan fingerprint density at radius 2 is 1.94 bits per heavy atom. The van der Waals surface area contributed by atoms with Crippen molar-refractivity contribution < 1.29 is 9.57 Å². The zero-order valence-electron chi connectivity index (χ0n) is 9.73. The second-order valence-corrected chi connectivity index (χ2v) is 5.03. The topological polar surface area (TPSA) is 30.8 Å². The summed E-state index contributed by atoms with van der Waals surface area (Å²) in [7, 11) is 1.67. The first-order valence-electron chi connectivity index (χ1n) is 5.52. The SMILES string of the molecule is COc1ccc(C2=NO[C@H]3[C@@H]2C3(C)C)cc1. The lowest BCUT2D eigenvalue weighted by molar-refractivity contribution is 0.112. The third kappa shape index (κ3) is 1.17. The maximum atomic E-state index is 5.42. The van der Waals surface area contributed by atoms with E-state index in [-0.39, 0.29) is 11.5 Å². The van der Waals surface area contributed by atoms with Crippen LogP contribution in [0.2, 0.25) is 0 Å². The summed E-state index contributed by atoms with van der Waals surface area (Å²) in [6.45, 7) is 4.45. The monoisotopic (exact) mass is 217 g/mol. The minimum absolute atomic E-state index is 0.247. The van der Waals surface area contributed by atoms with Crippen LogP contribution in [-0.2, 0) is 4.84 Å². The van der Waals surface area contributed by atoms with E-state index in [1.165, 1.54) is 0 Å². The van der Waals surface area contributed by atoms with E-state index in [1.54, 1.807) is 7.11 Å². The molecule has 0 N–H and O–H groups in total. The van der Waals surface area contributed by atoms with Crippen molar-refractivity contribution in [2.75, 3.05) is 7.11 Å². The van der Waals surface area contributed by atoms with Crippen molar-refractivity contribution >= 4 is 5.71 Å². The Bertz CT molecular complexity index is 448. The molecule has 3 heteroatoms. The largest absolute Gasteiger partial charge is 0.497 e. The molecule has 0 aromatic heterocycles. The molecular weight excluding hydrogens is 202 g/mol. The van der Waals surface area contributed by atoms with Crippen LogP contribution < -0.4 is 4.74 Å². The highest BCUT2D eigenvalue weighted by Gasteiger charge is 2.66.